The summed E-state index contributed by atoms with van der Waals surface area (Å²) in [6.07, 6.45) is 6.70. The zero-order valence-electron chi connectivity index (χ0n) is 8.02. The number of unbranched alkanes of at least 4 members (excludes halogenated alkanes) is 2. The molecule has 0 radical (unpaired) electrons. The van der Waals surface area contributed by atoms with Crippen molar-refractivity contribution in [3.63, 3.8) is 0 Å². The molecule has 0 aromatic rings. The van der Waals surface area contributed by atoms with Crippen LogP contribution in [0.1, 0.15) is 46.5 Å². The van der Waals surface area contributed by atoms with Crippen molar-refractivity contribution in [2.45, 2.75) is 46.5 Å². The molecule has 0 spiro atoms. The zero-order valence-corrected chi connectivity index (χ0v) is 8.02. The van der Waals surface area contributed by atoms with Crippen LogP contribution in [0.2, 0.25) is 0 Å². The van der Waals surface area contributed by atoms with E-state index in [4.69, 9.17) is 4.74 Å². The van der Waals surface area contributed by atoms with Crippen molar-refractivity contribution < 1.29 is 4.74 Å². The number of rotatable bonds is 6. The predicted molar refractivity (Wildman–Crippen MR) is 49.5 cm³/mol. The molecule has 0 bridgehead atoms. The first-order valence-corrected chi connectivity index (χ1v) is 4.58. The Kier molecular flexibility index (Phi) is 7.33. The van der Waals surface area contributed by atoms with Crippen LogP contribution in [0.5, 0.6) is 0 Å². The highest BCUT2D eigenvalue weighted by atomic mass is 16.5. The Morgan fingerprint density at radius 1 is 1.27 bits per heavy atom. The predicted octanol–water partition coefficient (Wildman–Crippen LogP) is 3.51. The highest BCUT2D eigenvalue weighted by Gasteiger charge is 1.85. The summed E-state index contributed by atoms with van der Waals surface area (Å²) in [6.45, 7) is 7.32. The molecule has 0 atom stereocenters. The summed E-state index contributed by atoms with van der Waals surface area (Å²) in [5, 5.41) is 0. The molecule has 0 fully saturated rings. The lowest BCUT2D eigenvalue weighted by Gasteiger charge is -2.00. The standard InChI is InChI=1S/C10H20O/c1-4-6-7-8-11-9-10(3)5-2/h9H,4-8H2,1-3H3. The molecule has 11 heavy (non-hydrogen) atoms. The smallest absolute Gasteiger partial charge is 0.0873 e. The number of ether oxygens (including phenoxy) is 1. The maximum Gasteiger partial charge on any atom is 0.0873 e. The number of allylic oxidation sites excluding steroid dienone is 1. The highest BCUT2D eigenvalue weighted by Crippen LogP contribution is 1.99. The minimum atomic E-state index is 0.880. The van der Waals surface area contributed by atoms with Crippen LogP contribution < -0.4 is 0 Å². The highest BCUT2D eigenvalue weighted by molar-refractivity contribution is 4.90. The topological polar surface area (TPSA) is 9.23 Å². The Bertz CT molecular complexity index is 105. The van der Waals surface area contributed by atoms with E-state index in [1.807, 2.05) is 6.26 Å². The van der Waals surface area contributed by atoms with Gasteiger partial charge in [0.1, 0.15) is 0 Å². The van der Waals surface area contributed by atoms with Gasteiger partial charge in [-0.3, -0.25) is 0 Å². The first-order chi connectivity index (χ1) is 5.31. The summed E-state index contributed by atoms with van der Waals surface area (Å²) in [6, 6.07) is 0. The lowest BCUT2D eigenvalue weighted by molar-refractivity contribution is 0.238. The monoisotopic (exact) mass is 156 g/mol. The summed E-state index contributed by atoms with van der Waals surface area (Å²) in [7, 11) is 0. The van der Waals surface area contributed by atoms with Gasteiger partial charge in [-0.25, -0.2) is 0 Å². The SMILES string of the molecule is CCCCCOC=C(C)CC. The van der Waals surface area contributed by atoms with Crippen LogP contribution in [0.15, 0.2) is 11.8 Å². The van der Waals surface area contributed by atoms with Gasteiger partial charge in [-0.15, -0.1) is 0 Å². The fourth-order valence-electron chi connectivity index (χ4n) is 0.720. The Hall–Kier alpha value is -0.460. The Balaban J connectivity index is 3.12. The third-order valence-corrected chi connectivity index (χ3v) is 1.71. The molecular formula is C10H20O. The quantitative estimate of drug-likeness (QED) is 0.422. The van der Waals surface area contributed by atoms with Crippen LogP contribution in [-0.2, 0) is 4.74 Å². The van der Waals surface area contributed by atoms with Crippen molar-refractivity contribution in [1.29, 1.82) is 0 Å². The molecule has 0 rings (SSSR count). The van der Waals surface area contributed by atoms with Crippen LogP contribution >= 0.6 is 0 Å². The maximum atomic E-state index is 5.33. The Morgan fingerprint density at radius 2 is 2.00 bits per heavy atom. The molecule has 0 unspecified atom stereocenters. The molecule has 1 heteroatoms. The van der Waals surface area contributed by atoms with Crippen molar-refractivity contribution in [2.24, 2.45) is 0 Å². The maximum absolute atomic E-state index is 5.33. The van der Waals surface area contributed by atoms with Crippen LogP contribution in [0.4, 0.5) is 0 Å². The van der Waals surface area contributed by atoms with Gasteiger partial charge in [0, 0.05) is 0 Å². The van der Waals surface area contributed by atoms with Gasteiger partial charge >= 0.3 is 0 Å². The van der Waals surface area contributed by atoms with Gasteiger partial charge in [-0.05, 0) is 25.3 Å². The lowest BCUT2D eigenvalue weighted by Crippen LogP contribution is -1.87. The molecule has 0 saturated heterocycles. The Morgan fingerprint density at radius 3 is 2.55 bits per heavy atom. The fraction of sp³-hybridized carbons (Fsp3) is 0.800. The lowest BCUT2D eigenvalue weighted by atomic mass is 10.2. The molecule has 0 aromatic heterocycles. The number of hydrogen-bond acceptors (Lipinski definition) is 1. The summed E-state index contributed by atoms with van der Waals surface area (Å²) in [5.41, 5.74) is 1.32. The van der Waals surface area contributed by atoms with Crippen molar-refractivity contribution >= 4 is 0 Å². The van der Waals surface area contributed by atoms with E-state index in [9.17, 15) is 0 Å². The molecule has 0 aliphatic heterocycles. The summed E-state index contributed by atoms with van der Waals surface area (Å²) >= 11 is 0. The van der Waals surface area contributed by atoms with Gasteiger partial charge in [-0.2, -0.15) is 0 Å². The molecule has 0 N–H and O–H groups in total. The van der Waals surface area contributed by atoms with E-state index in [0.29, 0.717) is 0 Å². The van der Waals surface area contributed by atoms with E-state index >= 15 is 0 Å². The van der Waals surface area contributed by atoms with E-state index < -0.39 is 0 Å². The molecule has 66 valence electrons. The second kappa shape index (κ2) is 7.64. The van der Waals surface area contributed by atoms with Gasteiger partial charge in [-0.1, -0.05) is 26.7 Å². The second-order valence-corrected chi connectivity index (χ2v) is 2.90. The average Bonchev–Trinajstić information content (AvgIpc) is 2.04. The van der Waals surface area contributed by atoms with Crippen LogP contribution in [-0.4, -0.2) is 6.61 Å². The molecule has 1 nitrogen and oxygen atoms in total. The van der Waals surface area contributed by atoms with E-state index in [2.05, 4.69) is 20.8 Å². The molecule has 0 heterocycles. The first-order valence-electron chi connectivity index (χ1n) is 4.58. The van der Waals surface area contributed by atoms with E-state index in [-0.39, 0.29) is 0 Å². The molecule has 0 aliphatic rings. The average molecular weight is 156 g/mol. The molecule has 0 aromatic carbocycles. The first kappa shape index (κ1) is 10.5. The summed E-state index contributed by atoms with van der Waals surface area (Å²) < 4.78 is 5.33. The van der Waals surface area contributed by atoms with Gasteiger partial charge in [0.15, 0.2) is 0 Å². The largest absolute Gasteiger partial charge is 0.501 e. The van der Waals surface area contributed by atoms with Gasteiger partial charge in [0.05, 0.1) is 12.9 Å². The summed E-state index contributed by atoms with van der Waals surface area (Å²) in [4.78, 5) is 0. The van der Waals surface area contributed by atoms with Crippen molar-refractivity contribution in [3.8, 4) is 0 Å². The third kappa shape index (κ3) is 7.44. The van der Waals surface area contributed by atoms with E-state index in [1.165, 1.54) is 24.8 Å². The molecule has 0 saturated carbocycles. The minimum absolute atomic E-state index is 0.880. The van der Waals surface area contributed by atoms with E-state index in [0.717, 1.165) is 13.0 Å². The van der Waals surface area contributed by atoms with Crippen LogP contribution in [0, 0.1) is 0 Å². The molecule has 0 aliphatic carbocycles. The van der Waals surface area contributed by atoms with Gasteiger partial charge in [0.25, 0.3) is 0 Å². The second-order valence-electron chi connectivity index (χ2n) is 2.90. The molecule has 0 amide bonds. The summed E-state index contributed by atoms with van der Waals surface area (Å²) in [5.74, 6) is 0. The van der Waals surface area contributed by atoms with Crippen LogP contribution in [0.3, 0.4) is 0 Å². The van der Waals surface area contributed by atoms with Crippen LogP contribution in [0.25, 0.3) is 0 Å². The Labute approximate surface area is 70.4 Å². The van der Waals surface area contributed by atoms with Crippen molar-refractivity contribution in [3.05, 3.63) is 11.8 Å². The van der Waals surface area contributed by atoms with Gasteiger partial charge in [0.2, 0.25) is 0 Å². The normalized spacial score (nSPS) is 11.7. The number of hydrogen-bond donors (Lipinski definition) is 0. The fourth-order valence-corrected chi connectivity index (χ4v) is 0.720. The zero-order chi connectivity index (χ0) is 8.53. The third-order valence-electron chi connectivity index (χ3n) is 1.71. The van der Waals surface area contributed by atoms with Crippen molar-refractivity contribution in [1.82, 2.24) is 0 Å². The van der Waals surface area contributed by atoms with E-state index in [1.54, 1.807) is 0 Å². The van der Waals surface area contributed by atoms with Gasteiger partial charge < -0.3 is 4.74 Å². The minimum Gasteiger partial charge on any atom is -0.501 e. The van der Waals surface area contributed by atoms with Crippen molar-refractivity contribution in [2.75, 3.05) is 6.61 Å². The molecular weight excluding hydrogens is 136 g/mol.